The van der Waals surface area contributed by atoms with Crippen LogP contribution in [0.1, 0.15) is 61.3 Å². The number of hydrogen-bond donors (Lipinski definition) is 1. The van der Waals surface area contributed by atoms with Gasteiger partial charge in [-0.25, -0.2) is 0 Å². The van der Waals surface area contributed by atoms with E-state index in [1.165, 1.54) is 18.4 Å². The van der Waals surface area contributed by atoms with Gasteiger partial charge in [-0.15, -0.1) is 0 Å². The fraction of sp³-hybridized carbons (Fsp3) is 0.481. The van der Waals surface area contributed by atoms with Crippen LogP contribution in [0.25, 0.3) is 0 Å². The van der Waals surface area contributed by atoms with Crippen molar-refractivity contribution in [2.24, 2.45) is 0 Å². The molecule has 1 atom stereocenters. The van der Waals surface area contributed by atoms with Gasteiger partial charge in [0.1, 0.15) is 6.04 Å². The molecule has 1 fully saturated rings. The first kappa shape index (κ1) is 23.1. The quantitative estimate of drug-likeness (QED) is 0.636. The van der Waals surface area contributed by atoms with Crippen LogP contribution < -0.4 is 5.32 Å². The standard InChI is InChI=1S/C27H36N2O2/c1-4-25(27(31)28-24-12-8-9-13-24)29(15-14-22-10-6-5-7-11-22)26(30)19-23-17-20(2)16-21(3)18-23/h5-7,10-11,16-18,24-25H,4,8-9,12-15,19H2,1-3H3,(H,28,31). The minimum Gasteiger partial charge on any atom is -0.352 e. The molecule has 4 heteroatoms. The molecule has 0 spiro atoms. The molecule has 1 saturated carbocycles. The van der Waals surface area contributed by atoms with Crippen LogP contribution in [0.4, 0.5) is 0 Å². The summed E-state index contributed by atoms with van der Waals surface area (Å²) in [5, 5.41) is 3.21. The zero-order valence-electron chi connectivity index (χ0n) is 19.2. The van der Waals surface area contributed by atoms with Crippen molar-refractivity contribution in [3.8, 4) is 0 Å². The highest BCUT2D eigenvalue weighted by molar-refractivity contribution is 5.88. The molecule has 166 valence electrons. The number of nitrogens with one attached hydrogen (secondary N) is 1. The lowest BCUT2D eigenvalue weighted by atomic mass is 10.0. The summed E-state index contributed by atoms with van der Waals surface area (Å²) in [7, 11) is 0. The lowest BCUT2D eigenvalue weighted by Crippen LogP contribution is -2.52. The highest BCUT2D eigenvalue weighted by atomic mass is 16.2. The molecule has 4 nitrogen and oxygen atoms in total. The summed E-state index contributed by atoms with van der Waals surface area (Å²) in [6, 6.07) is 16.3. The second-order valence-electron chi connectivity index (χ2n) is 8.91. The molecular formula is C27H36N2O2. The Morgan fingerprint density at radius 1 is 1.00 bits per heavy atom. The second kappa shape index (κ2) is 11.1. The summed E-state index contributed by atoms with van der Waals surface area (Å²) >= 11 is 0. The Bertz CT molecular complexity index is 852. The fourth-order valence-electron chi connectivity index (χ4n) is 4.71. The predicted octanol–water partition coefficient (Wildman–Crippen LogP) is 4.75. The van der Waals surface area contributed by atoms with Crippen LogP contribution in [0.15, 0.2) is 48.5 Å². The summed E-state index contributed by atoms with van der Waals surface area (Å²) in [6.45, 7) is 6.65. The average Bonchev–Trinajstić information content (AvgIpc) is 3.23. The van der Waals surface area contributed by atoms with Crippen molar-refractivity contribution in [3.05, 3.63) is 70.8 Å². The maximum atomic E-state index is 13.4. The van der Waals surface area contributed by atoms with Crippen LogP contribution >= 0.6 is 0 Å². The van der Waals surface area contributed by atoms with E-state index in [4.69, 9.17) is 0 Å². The third-order valence-electron chi connectivity index (χ3n) is 6.21. The first-order chi connectivity index (χ1) is 15.0. The van der Waals surface area contributed by atoms with Gasteiger partial charge in [0.15, 0.2) is 0 Å². The molecule has 0 bridgehead atoms. The number of benzene rings is 2. The maximum Gasteiger partial charge on any atom is 0.243 e. The van der Waals surface area contributed by atoms with E-state index in [1.54, 1.807) is 0 Å². The van der Waals surface area contributed by atoms with E-state index in [9.17, 15) is 9.59 Å². The Hall–Kier alpha value is -2.62. The largest absolute Gasteiger partial charge is 0.352 e. The monoisotopic (exact) mass is 420 g/mol. The zero-order chi connectivity index (χ0) is 22.2. The molecular weight excluding hydrogens is 384 g/mol. The molecule has 1 aliphatic carbocycles. The van der Waals surface area contributed by atoms with Crippen LogP contribution in [-0.2, 0) is 22.4 Å². The second-order valence-corrected chi connectivity index (χ2v) is 8.91. The Morgan fingerprint density at radius 3 is 2.26 bits per heavy atom. The van der Waals surface area contributed by atoms with Crippen LogP contribution in [0.5, 0.6) is 0 Å². The van der Waals surface area contributed by atoms with E-state index < -0.39 is 6.04 Å². The highest BCUT2D eigenvalue weighted by Gasteiger charge is 2.30. The van der Waals surface area contributed by atoms with Crippen molar-refractivity contribution in [1.82, 2.24) is 10.2 Å². The van der Waals surface area contributed by atoms with E-state index in [-0.39, 0.29) is 17.9 Å². The molecule has 0 aromatic heterocycles. The number of carbonyl (C=O) groups excluding carboxylic acids is 2. The number of amides is 2. The van der Waals surface area contributed by atoms with Crippen molar-refractivity contribution in [2.75, 3.05) is 6.54 Å². The number of carbonyl (C=O) groups is 2. The van der Waals surface area contributed by atoms with E-state index in [1.807, 2.05) is 30.0 Å². The normalized spacial score (nSPS) is 14.9. The van der Waals surface area contributed by atoms with Crippen LogP contribution in [0, 0.1) is 13.8 Å². The van der Waals surface area contributed by atoms with Crippen LogP contribution in [0.2, 0.25) is 0 Å². The van der Waals surface area contributed by atoms with E-state index >= 15 is 0 Å². The Balaban J connectivity index is 1.77. The minimum absolute atomic E-state index is 0.00349. The molecule has 2 aromatic carbocycles. The molecule has 0 heterocycles. The smallest absolute Gasteiger partial charge is 0.243 e. The summed E-state index contributed by atoms with van der Waals surface area (Å²) in [5.74, 6) is 0.0191. The molecule has 0 radical (unpaired) electrons. The fourth-order valence-corrected chi connectivity index (χ4v) is 4.71. The zero-order valence-corrected chi connectivity index (χ0v) is 19.2. The van der Waals surface area contributed by atoms with Gasteiger partial charge in [-0.1, -0.05) is 79.4 Å². The van der Waals surface area contributed by atoms with E-state index in [2.05, 4.69) is 49.5 Å². The predicted molar refractivity (Wildman–Crippen MR) is 126 cm³/mol. The van der Waals surface area contributed by atoms with Crippen molar-refractivity contribution in [1.29, 1.82) is 0 Å². The van der Waals surface area contributed by atoms with Gasteiger partial charge in [0, 0.05) is 12.6 Å². The maximum absolute atomic E-state index is 13.4. The van der Waals surface area contributed by atoms with Crippen molar-refractivity contribution in [3.63, 3.8) is 0 Å². The molecule has 2 amide bonds. The first-order valence-electron chi connectivity index (χ1n) is 11.7. The van der Waals surface area contributed by atoms with Gasteiger partial charge in [0.05, 0.1) is 6.42 Å². The number of rotatable bonds is 9. The van der Waals surface area contributed by atoms with Crippen LogP contribution in [-0.4, -0.2) is 35.3 Å². The Labute approximate surface area is 187 Å². The Morgan fingerprint density at radius 2 is 1.65 bits per heavy atom. The van der Waals surface area contributed by atoms with Crippen molar-refractivity contribution in [2.45, 2.75) is 77.8 Å². The summed E-state index contributed by atoms with van der Waals surface area (Å²) in [4.78, 5) is 28.4. The lowest BCUT2D eigenvalue weighted by Gasteiger charge is -2.31. The van der Waals surface area contributed by atoms with Crippen molar-refractivity contribution >= 4 is 11.8 Å². The third-order valence-corrected chi connectivity index (χ3v) is 6.21. The van der Waals surface area contributed by atoms with Gasteiger partial charge in [0.25, 0.3) is 0 Å². The van der Waals surface area contributed by atoms with E-state index in [0.29, 0.717) is 19.4 Å². The van der Waals surface area contributed by atoms with Gasteiger partial charge in [-0.2, -0.15) is 0 Å². The van der Waals surface area contributed by atoms with Gasteiger partial charge in [-0.05, 0) is 50.7 Å². The molecule has 1 aliphatic rings. The van der Waals surface area contributed by atoms with Crippen LogP contribution in [0.3, 0.4) is 0 Å². The lowest BCUT2D eigenvalue weighted by molar-refractivity contribution is -0.140. The molecule has 2 aromatic rings. The summed E-state index contributed by atoms with van der Waals surface area (Å²) in [6.07, 6.45) is 6.12. The highest BCUT2D eigenvalue weighted by Crippen LogP contribution is 2.19. The Kier molecular flexibility index (Phi) is 8.27. The minimum atomic E-state index is -0.428. The topological polar surface area (TPSA) is 49.4 Å². The SMILES string of the molecule is CCC(C(=O)NC1CCCC1)N(CCc1ccccc1)C(=O)Cc1cc(C)cc(C)c1. The number of hydrogen-bond acceptors (Lipinski definition) is 2. The first-order valence-corrected chi connectivity index (χ1v) is 11.7. The number of aryl methyl sites for hydroxylation is 2. The molecule has 0 saturated heterocycles. The van der Waals surface area contributed by atoms with Crippen molar-refractivity contribution < 1.29 is 9.59 Å². The van der Waals surface area contributed by atoms with Gasteiger partial charge >= 0.3 is 0 Å². The molecule has 31 heavy (non-hydrogen) atoms. The average molecular weight is 421 g/mol. The number of nitrogens with zero attached hydrogens (tertiary/aromatic N) is 1. The molecule has 3 rings (SSSR count). The van der Waals surface area contributed by atoms with Gasteiger partial charge in [-0.3, -0.25) is 9.59 Å². The van der Waals surface area contributed by atoms with Gasteiger partial charge < -0.3 is 10.2 Å². The third kappa shape index (κ3) is 6.68. The van der Waals surface area contributed by atoms with E-state index in [0.717, 1.165) is 36.0 Å². The molecule has 1 unspecified atom stereocenters. The summed E-state index contributed by atoms with van der Waals surface area (Å²) in [5.41, 5.74) is 4.50. The molecule has 1 N–H and O–H groups in total. The van der Waals surface area contributed by atoms with Gasteiger partial charge in [0.2, 0.25) is 11.8 Å². The molecule has 0 aliphatic heterocycles. The summed E-state index contributed by atoms with van der Waals surface area (Å²) < 4.78 is 0.